The Morgan fingerprint density at radius 3 is 3.00 bits per heavy atom. The Labute approximate surface area is 110 Å². The Morgan fingerprint density at radius 2 is 2.17 bits per heavy atom. The molecular weight excluding hydrogens is 222 g/mol. The number of piperazine rings is 1. The van der Waals surface area contributed by atoms with Crippen LogP contribution in [-0.2, 0) is 6.42 Å². The highest BCUT2D eigenvalue weighted by molar-refractivity contribution is 5.68. The summed E-state index contributed by atoms with van der Waals surface area (Å²) in [4.78, 5) is 5.01. The zero-order valence-electron chi connectivity index (χ0n) is 11.4. The van der Waals surface area contributed by atoms with Gasteiger partial charge in [0.15, 0.2) is 0 Å². The second-order valence-electron chi connectivity index (χ2n) is 5.64. The predicted octanol–water partition coefficient (Wildman–Crippen LogP) is 2.19. The van der Waals surface area contributed by atoms with Crippen LogP contribution in [0.2, 0.25) is 0 Å². The molecule has 0 aromatic heterocycles. The lowest BCUT2D eigenvalue weighted by Gasteiger charge is -2.41. The minimum absolute atomic E-state index is 0.608. The van der Waals surface area contributed by atoms with Gasteiger partial charge in [-0.3, -0.25) is 0 Å². The van der Waals surface area contributed by atoms with Crippen molar-refractivity contribution in [1.29, 1.82) is 0 Å². The Bertz CT molecular complexity index is 430. The number of fused-ring (bicyclic) bond motifs is 1. The molecule has 0 spiro atoms. The highest BCUT2D eigenvalue weighted by atomic mass is 15.3. The van der Waals surface area contributed by atoms with Crippen molar-refractivity contribution in [2.75, 3.05) is 43.4 Å². The second kappa shape index (κ2) is 4.81. The summed E-state index contributed by atoms with van der Waals surface area (Å²) in [5, 5.41) is 3.53. The topological polar surface area (TPSA) is 18.5 Å². The van der Waals surface area contributed by atoms with Crippen molar-refractivity contribution in [1.82, 2.24) is 4.90 Å². The second-order valence-corrected chi connectivity index (χ2v) is 5.64. The monoisotopic (exact) mass is 245 g/mol. The maximum Gasteiger partial charge on any atom is 0.0422 e. The number of nitrogens with one attached hydrogen (secondary N) is 1. The molecule has 1 aromatic carbocycles. The van der Waals surface area contributed by atoms with Gasteiger partial charge in [-0.2, -0.15) is 0 Å². The quantitative estimate of drug-likeness (QED) is 0.818. The van der Waals surface area contributed by atoms with Crippen molar-refractivity contribution >= 4 is 11.4 Å². The van der Waals surface area contributed by atoms with Gasteiger partial charge >= 0.3 is 0 Å². The van der Waals surface area contributed by atoms with E-state index in [1.165, 1.54) is 36.3 Å². The SMILES string of the molecule is CC1CN(C)CCN1c1cccc2c1CCCN2. The normalized spacial score (nSPS) is 24.6. The zero-order valence-corrected chi connectivity index (χ0v) is 11.4. The van der Waals surface area contributed by atoms with Crippen LogP contribution >= 0.6 is 0 Å². The molecular formula is C15H23N3. The summed E-state index contributed by atoms with van der Waals surface area (Å²) in [6.45, 7) is 6.94. The van der Waals surface area contributed by atoms with Crippen LogP contribution in [0.1, 0.15) is 18.9 Å². The van der Waals surface area contributed by atoms with E-state index in [0.29, 0.717) is 6.04 Å². The highest BCUT2D eigenvalue weighted by Gasteiger charge is 2.24. The van der Waals surface area contributed by atoms with Crippen molar-refractivity contribution < 1.29 is 0 Å². The van der Waals surface area contributed by atoms with Gasteiger partial charge in [0.25, 0.3) is 0 Å². The third-order valence-corrected chi connectivity index (χ3v) is 4.21. The van der Waals surface area contributed by atoms with Gasteiger partial charge < -0.3 is 15.1 Å². The molecule has 1 aromatic rings. The van der Waals surface area contributed by atoms with Crippen molar-refractivity contribution in [3.8, 4) is 0 Å². The predicted molar refractivity (Wildman–Crippen MR) is 77.6 cm³/mol. The van der Waals surface area contributed by atoms with Crippen molar-refractivity contribution in [2.45, 2.75) is 25.8 Å². The minimum Gasteiger partial charge on any atom is -0.385 e. The molecule has 2 aliphatic rings. The molecule has 1 unspecified atom stereocenters. The molecule has 1 N–H and O–H groups in total. The maximum atomic E-state index is 3.53. The molecule has 98 valence electrons. The molecule has 18 heavy (non-hydrogen) atoms. The molecule has 0 saturated carbocycles. The van der Waals surface area contributed by atoms with Crippen molar-refractivity contribution in [3.63, 3.8) is 0 Å². The number of benzene rings is 1. The maximum absolute atomic E-state index is 3.53. The molecule has 3 heteroatoms. The van der Waals surface area contributed by atoms with E-state index >= 15 is 0 Å². The van der Waals surface area contributed by atoms with Crippen molar-refractivity contribution in [2.24, 2.45) is 0 Å². The van der Waals surface area contributed by atoms with Gasteiger partial charge in [-0.05, 0) is 44.5 Å². The molecule has 3 nitrogen and oxygen atoms in total. The molecule has 2 heterocycles. The first-order valence-corrected chi connectivity index (χ1v) is 7.06. The lowest BCUT2D eigenvalue weighted by Crippen LogP contribution is -2.50. The first-order valence-electron chi connectivity index (χ1n) is 7.06. The Hall–Kier alpha value is -1.22. The van der Waals surface area contributed by atoms with Crippen LogP contribution in [-0.4, -0.2) is 44.2 Å². The lowest BCUT2D eigenvalue weighted by atomic mass is 9.99. The molecule has 1 saturated heterocycles. The third-order valence-electron chi connectivity index (χ3n) is 4.21. The lowest BCUT2D eigenvalue weighted by molar-refractivity contribution is 0.275. The van der Waals surface area contributed by atoms with Crippen LogP contribution in [0.5, 0.6) is 0 Å². The molecule has 1 fully saturated rings. The molecule has 0 radical (unpaired) electrons. The molecule has 2 aliphatic heterocycles. The number of nitrogens with zero attached hydrogens (tertiary/aromatic N) is 2. The van der Waals surface area contributed by atoms with Crippen LogP contribution in [0.4, 0.5) is 11.4 Å². The van der Waals surface area contributed by atoms with Gasteiger partial charge in [0, 0.05) is 43.6 Å². The van der Waals surface area contributed by atoms with Gasteiger partial charge in [0.05, 0.1) is 0 Å². The number of likely N-dealkylation sites (N-methyl/N-ethyl adjacent to an activating group) is 1. The van der Waals surface area contributed by atoms with Gasteiger partial charge in [-0.15, -0.1) is 0 Å². The van der Waals surface area contributed by atoms with Gasteiger partial charge in [-0.25, -0.2) is 0 Å². The summed E-state index contributed by atoms with van der Waals surface area (Å²) in [5.74, 6) is 0. The summed E-state index contributed by atoms with van der Waals surface area (Å²) >= 11 is 0. The van der Waals surface area contributed by atoms with E-state index in [2.05, 4.69) is 47.3 Å². The zero-order chi connectivity index (χ0) is 12.5. The summed E-state index contributed by atoms with van der Waals surface area (Å²) in [7, 11) is 2.22. The molecule has 0 aliphatic carbocycles. The first kappa shape index (κ1) is 11.8. The molecule has 3 rings (SSSR count). The number of hydrogen-bond donors (Lipinski definition) is 1. The number of anilines is 2. The first-order chi connectivity index (χ1) is 8.75. The van der Waals surface area contributed by atoms with Gasteiger partial charge in [-0.1, -0.05) is 6.07 Å². The van der Waals surface area contributed by atoms with Gasteiger partial charge in [0.2, 0.25) is 0 Å². The summed E-state index contributed by atoms with van der Waals surface area (Å²) < 4.78 is 0. The third kappa shape index (κ3) is 2.07. The molecule has 1 atom stereocenters. The fourth-order valence-corrected chi connectivity index (χ4v) is 3.26. The van der Waals surface area contributed by atoms with Crippen LogP contribution in [0.3, 0.4) is 0 Å². The average Bonchev–Trinajstić information content (AvgIpc) is 2.38. The van der Waals surface area contributed by atoms with Gasteiger partial charge in [0.1, 0.15) is 0 Å². The van der Waals surface area contributed by atoms with E-state index in [0.717, 1.165) is 19.6 Å². The molecule has 0 amide bonds. The van der Waals surface area contributed by atoms with E-state index in [1.807, 2.05) is 0 Å². The van der Waals surface area contributed by atoms with E-state index in [-0.39, 0.29) is 0 Å². The Balaban J connectivity index is 1.92. The van der Waals surface area contributed by atoms with Crippen LogP contribution in [0, 0.1) is 0 Å². The van der Waals surface area contributed by atoms with Crippen LogP contribution in [0.15, 0.2) is 18.2 Å². The van der Waals surface area contributed by atoms with Crippen molar-refractivity contribution in [3.05, 3.63) is 23.8 Å². The van der Waals surface area contributed by atoms with E-state index in [1.54, 1.807) is 0 Å². The number of hydrogen-bond acceptors (Lipinski definition) is 3. The van der Waals surface area contributed by atoms with E-state index < -0.39 is 0 Å². The fourth-order valence-electron chi connectivity index (χ4n) is 3.26. The van der Waals surface area contributed by atoms with Crippen LogP contribution in [0.25, 0.3) is 0 Å². The minimum atomic E-state index is 0.608. The highest BCUT2D eigenvalue weighted by Crippen LogP contribution is 2.33. The van der Waals surface area contributed by atoms with Crippen LogP contribution < -0.4 is 10.2 Å². The largest absolute Gasteiger partial charge is 0.385 e. The summed E-state index contributed by atoms with van der Waals surface area (Å²) in [6.07, 6.45) is 2.48. The average molecular weight is 245 g/mol. The molecule has 0 bridgehead atoms. The van der Waals surface area contributed by atoms with E-state index in [4.69, 9.17) is 0 Å². The Morgan fingerprint density at radius 1 is 1.28 bits per heavy atom. The Kier molecular flexibility index (Phi) is 3.16. The standard InChI is InChI=1S/C15H23N3/c1-12-11-17(2)9-10-18(12)15-7-3-6-14-13(15)5-4-8-16-14/h3,6-7,12,16H,4-5,8-11H2,1-2H3. The smallest absolute Gasteiger partial charge is 0.0422 e. The fraction of sp³-hybridized carbons (Fsp3) is 0.600. The van der Waals surface area contributed by atoms with E-state index in [9.17, 15) is 0 Å². The summed E-state index contributed by atoms with van der Waals surface area (Å²) in [6, 6.07) is 7.32. The summed E-state index contributed by atoms with van der Waals surface area (Å²) in [5.41, 5.74) is 4.34. The number of rotatable bonds is 1.